The number of ether oxygens (including phenoxy) is 2. The first kappa shape index (κ1) is 18.2. The Labute approximate surface area is 128 Å². The van der Waals surface area contributed by atoms with E-state index in [9.17, 15) is 19.5 Å². The van der Waals surface area contributed by atoms with E-state index in [0.717, 1.165) is 0 Å². The fourth-order valence-corrected chi connectivity index (χ4v) is 1.88. The van der Waals surface area contributed by atoms with Gasteiger partial charge in [0.25, 0.3) is 0 Å². The van der Waals surface area contributed by atoms with Gasteiger partial charge in [0.05, 0.1) is 18.9 Å². The van der Waals surface area contributed by atoms with Gasteiger partial charge in [-0.1, -0.05) is 0 Å². The van der Waals surface area contributed by atoms with Gasteiger partial charge in [0.2, 0.25) is 5.91 Å². The van der Waals surface area contributed by atoms with Crippen LogP contribution in [0.2, 0.25) is 0 Å². The Balaban J connectivity index is 2.52. The number of aliphatic imine (C=N–C) groups is 1. The molecule has 4 unspecified atom stereocenters. The second kappa shape index (κ2) is 8.60. The zero-order valence-corrected chi connectivity index (χ0v) is 12.7. The Kier molecular flexibility index (Phi) is 7.13. The number of aliphatic hydroxyl groups is 1. The summed E-state index contributed by atoms with van der Waals surface area (Å²) < 4.78 is 10.6. The summed E-state index contributed by atoms with van der Waals surface area (Å²) in [5.74, 6) is -1.65. The number of ketones is 1. The van der Waals surface area contributed by atoms with Gasteiger partial charge in [-0.25, -0.2) is 0 Å². The lowest BCUT2D eigenvalue weighted by molar-refractivity contribution is -0.153. The predicted molar refractivity (Wildman–Crippen MR) is 77.0 cm³/mol. The van der Waals surface area contributed by atoms with Crippen molar-refractivity contribution in [2.45, 2.75) is 51.5 Å². The summed E-state index contributed by atoms with van der Waals surface area (Å²) in [7, 11) is 0. The Morgan fingerprint density at radius 2 is 2.14 bits per heavy atom. The van der Waals surface area contributed by atoms with Gasteiger partial charge >= 0.3 is 5.97 Å². The van der Waals surface area contributed by atoms with E-state index in [0.29, 0.717) is 0 Å². The van der Waals surface area contributed by atoms with Gasteiger partial charge in [0.15, 0.2) is 6.23 Å². The van der Waals surface area contributed by atoms with Crippen molar-refractivity contribution < 1.29 is 29.0 Å². The number of hydrogen-bond donors (Lipinski definition) is 2. The SMILES string of the molecule is CC(=O)CCC(=O)OC1CC(N=CC(C)C(N)=O)OC1CO. The van der Waals surface area contributed by atoms with E-state index in [1.165, 1.54) is 13.1 Å². The summed E-state index contributed by atoms with van der Waals surface area (Å²) in [6, 6.07) is 0. The normalized spacial score (nSPS) is 26.0. The van der Waals surface area contributed by atoms with Crippen molar-refractivity contribution in [3.63, 3.8) is 0 Å². The molecule has 1 heterocycles. The van der Waals surface area contributed by atoms with Gasteiger partial charge in [-0.2, -0.15) is 0 Å². The highest BCUT2D eigenvalue weighted by molar-refractivity contribution is 5.91. The average Bonchev–Trinajstić information content (AvgIpc) is 2.84. The van der Waals surface area contributed by atoms with Crippen molar-refractivity contribution in [2.75, 3.05) is 6.61 Å². The number of amides is 1. The van der Waals surface area contributed by atoms with Gasteiger partial charge in [-0.05, 0) is 13.8 Å². The number of rotatable bonds is 8. The van der Waals surface area contributed by atoms with Crippen LogP contribution in [0.3, 0.4) is 0 Å². The average molecular weight is 314 g/mol. The van der Waals surface area contributed by atoms with Crippen LogP contribution in [0.1, 0.15) is 33.1 Å². The van der Waals surface area contributed by atoms with Crippen molar-refractivity contribution in [3.05, 3.63) is 0 Å². The second-order valence-electron chi connectivity index (χ2n) is 5.27. The maximum Gasteiger partial charge on any atom is 0.306 e. The summed E-state index contributed by atoms with van der Waals surface area (Å²) in [6.45, 7) is 2.68. The molecule has 124 valence electrons. The number of esters is 1. The first-order valence-electron chi connectivity index (χ1n) is 7.11. The number of nitrogens with two attached hydrogens (primary N) is 1. The molecule has 1 fully saturated rings. The minimum Gasteiger partial charge on any atom is -0.459 e. The smallest absolute Gasteiger partial charge is 0.306 e. The molecule has 0 saturated carbocycles. The molecular formula is C14H22N2O6. The molecule has 1 aliphatic rings. The van der Waals surface area contributed by atoms with Crippen molar-refractivity contribution in [3.8, 4) is 0 Å². The molecule has 8 nitrogen and oxygen atoms in total. The summed E-state index contributed by atoms with van der Waals surface area (Å²) in [5, 5.41) is 9.25. The first-order chi connectivity index (χ1) is 10.3. The number of carbonyl (C=O) groups excluding carboxylic acids is 3. The van der Waals surface area contributed by atoms with Crippen LogP contribution in [0.5, 0.6) is 0 Å². The fourth-order valence-electron chi connectivity index (χ4n) is 1.88. The van der Waals surface area contributed by atoms with E-state index >= 15 is 0 Å². The van der Waals surface area contributed by atoms with E-state index in [4.69, 9.17) is 15.2 Å². The number of hydrogen-bond acceptors (Lipinski definition) is 7. The fraction of sp³-hybridized carbons (Fsp3) is 0.714. The van der Waals surface area contributed by atoms with Gasteiger partial charge in [0, 0.05) is 19.1 Å². The molecule has 0 aromatic heterocycles. The van der Waals surface area contributed by atoms with E-state index < -0.39 is 36.2 Å². The standard InChI is InChI=1S/C14H22N2O6/c1-8(14(15)20)6-16-12-5-10(11(7-17)21-12)22-13(19)4-3-9(2)18/h6,8,10-12,17H,3-5,7H2,1-2H3,(H2,15,20). The lowest BCUT2D eigenvalue weighted by Crippen LogP contribution is -2.30. The van der Waals surface area contributed by atoms with Crippen LogP contribution in [-0.2, 0) is 23.9 Å². The highest BCUT2D eigenvalue weighted by Gasteiger charge is 2.37. The van der Waals surface area contributed by atoms with E-state index in [1.807, 2.05) is 0 Å². The third kappa shape index (κ3) is 5.90. The molecule has 8 heteroatoms. The molecule has 0 aromatic rings. The largest absolute Gasteiger partial charge is 0.459 e. The van der Waals surface area contributed by atoms with E-state index in [2.05, 4.69) is 4.99 Å². The van der Waals surface area contributed by atoms with Gasteiger partial charge in [-0.15, -0.1) is 0 Å². The molecule has 4 atom stereocenters. The first-order valence-corrected chi connectivity index (χ1v) is 7.11. The summed E-state index contributed by atoms with van der Waals surface area (Å²) in [6.07, 6.45) is -0.141. The molecule has 3 N–H and O–H groups in total. The molecule has 1 amide bonds. The number of primary amides is 1. The maximum absolute atomic E-state index is 11.6. The molecule has 0 bridgehead atoms. The minimum atomic E-state index is -0.674. The van der Waals surface area contributed by atoms with Crippen LogP contribution in [-0.4, -0.2) is 54.0 Å². The molecule has 0 radical (unpaired) electrons. The lowest BCUT2D eigenvalue weighted by Gasteiger charge is -2.16. The van der Waals surface area contributed by atoms with Crippen molar-refractivity contribution in [1.82, 2.24) is 0 Å². The number of nitrogens with zero attached hydrogens (tertiary/aromatic N) is 1. The van der Waals surface area contributed by atoms with E-state index in [-0.39, 0.29) is 31.7 Å². The minimum absolute atomic E-state index is 0.00335. The van der Waals surface area contributed by atoms with Crippen molar-refractivity contribution >= 4 is 23.9 Å². The molecule has 1 rings (SSSR count). The Hall–Kier alpha value is -1.80. The number of aliphatic hydroxyl groups excluding tert-OH is 1. The van der Waals surface area contributed by atoms with Crippen LogP contribution in [0.4, 0.5) is 0 Å². The topological polar surface area (TPSA) is 128 Å². The third-order valence-corrected chi connectivity index (χ3v) is 3.25. The monoisotopic (exact) mass is 314 g/mol. The highest BCUT2D eigenvalue weighted by Crippen LogP contribution is 2.24. The second-order valence-corrected chi connectivity index (χ2v) is 5.27. The summed E-state index contributed by atoms with van der Waals surface area (Å²) in [4.78, 5) is 37.4. The molecule has 0 aliphatic carbocycles. The van der Waals surface area contributed by atoms with Crippen LogP contribution in [0.25, 0.3) is 0 Å². The van der Waals surface area contributed by atoms with Crippen LogP contribution < -0.4 is 5.73 Å². The van der Waals surface area contributed by atoms with Gasteiger partial charge in [-0.3, -0.25) is 14.6 Å². The zero-order chi connectivity index (χ0) is 16.7. The predicted octanol–water partition coefficient (Wildman–Crippen LogP) is -0.433. The maximum atomic E-state index is 11.6. The highest BCUT2D eigenvalue weighted by atomic mass is 16.6. The quantitative estimate of drug-likeness (QED) is 0.462. The van der Waals surface area contributed by atoms with Crippen LogP contribution >= 0.6 is 0 Å². The molecule has 1 aliphatic heterocycles. The summed E-state index contributed by atoms with van der Waals surface area (Å²) in [5.41, 5.74) is 5.12. The van der Waals surface area contributed by atoms with E-state index in [1.54, 1.807) is 6.92 Å². The Morgan fingerprint density at radius 1 is 1.45 bits per heavy atom. The third-order valence-electron chi connectivity index (χ3n) is 3.25. The molecule has 0 spiro atoms. The zero-order valence-electron chi connectivity index (χ0n) is 12.7. The molecular weight excluding hydrogens is 292 g/mol. The molecule has 1 saturated heterocycles. The van der Waals surface area contributed by atoms with Crippen molar-refractivity contribution in [2.24, 2.45) is 16.6 Å². The number of carbonyl (C=O) groups is 3. The van der Waals surface area contributed by atoms with Crippen molar-refractivity contribution in [1.29, 1.82) is 0 Å². The Morgan fingerprint density at radius 3 is 2.68 bits per heavy atom. The lowest BCUT2D eigenvalue weighted by atomic mass is 10.1. The molecule has 0 aromatic carbocycles. The Bertz CT molecular complexity index is 451. The van der Waals surface area contributed by atoms with Crippen LogP contribution in [0, 0.1) is 5.92 Å². The van der Waals surface area contributed by atoms with Crippen LogP contribution in [0.15, 0.2) is 4.99 Å². The van der Waals surface area contributed by atoms with Gasteiger partial charge in [0.1, 0.15) is 18.0 Å². The number of Topliss-reactive ketones (excluding diaryl/α,β-unsaturated/α-hetero) is 1. The summed E-state index contributed by atoms with van der Waals surface area (Å²) >= 11 is 0. The van der Waals surface area contributed by atoms with Gasteiger partial charge < -0.3 is 25.1 Å². The molecule has 22 heavy (non-hydrogen) atoms.